The molecule has 1 unspecified atom stereocenters. The van der Waals surface area contributed by atoms with E-state index in [2.05, 4.69) is 5.32 Å². The van der Waals surface area contributed by atoms with Crippen molar-refractivity contribution in [2.75, 3.05) is 26.5 Å². The molecule has 1 rings (SSSR count). The first-order valence-electron chi connectivity index (χ1n) is 5.89. The molecular formula is C13H18N2O4. The van der Waals surface area contributed by atoms with Crippen LogP contribution in [0.3, 0.4) is 0 Å². The zero-order valence-corrected chi connectivity index (χ0v) is 11.2. The zero-order valence-electron chi connectivity index (χ0n) is 11.2. The van der Waals surface area contributed by atoms with Crippen LogP contribution in [-0.4, -0.2) is 39.1 Å². The highest BCUT2D eigenvalue weighted by Gasteiger charge is 2.20. The van der Waals surface area contributed by atoms with Crippen LogP contribution in [0.4, 0.5) is 5.69 Å². The molecule has 0 aliphatic rings. The average molecular weight is 266 g/mol. The maximum absolute atomic E-state index is 11.7. The summed E-state index contributed by atoms with van der Waals surface area (Å²) in [6.07, 6.45) is -0.128. The summed E-state index contributed by atoms with van der Waals surface area (Å²) in [5.74, 6) is -0.909. The van der Waals surface area contributed by atoms with E-state index in [1.165, 1.54) is 0 Å². The summed E-state index contributed by atoms with van der Waals surface area (Å²) in [7, 11) is 4.89. The summed E-state index contributed by atoms with van der Waals surface area (Å²) in [5.41, 5.74) is 0.594. The molecule has 0 radical (unpaired) electrons. The van der Waals surface area contributed by atoms with E-state index in [1.54, 1.807) is 45.5 Å². The fourth-order valence-electron chi connectivity index (χ4n) is 1.59. The number of nitrogens with one attached hydrogen (secondary N) is 2. The monoisotopic (exact) mass is 266 g/mol. The number of amides is 1. The Hall–Kier alpha value is -2.08. The van der Waals surface area contributed by atoms with Crippen LogP contribution in [0.5, 0.6) is 5.75 Å². The molecule has 104 valence electrons. The van der Waals surface area contributed by atoms with Crippen LogP contribution in [0.1, 0.15) is 6.42 Å². The summed E-state index contributed by atoms with van der Waals surface area (Å²) in [6, 6.07) is 5.94. The van der Waals surface area contributed by atoms with Crippen LogP contribution in [0.15, 0.2) is 24.3 Å². The molecule has 6 heteroatoms. The topological polar surface area (TPSA) is 82.9 Å². The van der Waals surface area contributed by atoms with E-state index in [1.807, 2.05) is 0 Å². The highest BCUT2D eigenvalue weighted by atomic mass is 16.5. The first kappa shape index (κ1) is 15.0. The number of carboxylic acid groups (broad SMARTS) is 1. The third-order valence-electron chi connectivity index (χ3n) is 2.74. The average Bonchev–Trinajstić information content (AvgIpc) is 2.36. The van der Waals surface area contributed by atoms with Crippen LogP contribution in [-0.2, 0) is 9.59 Å². The van der Waals surface area contributed by atoms with Gasteiger partial charge in [0.15, 0.2) is 0 Å². The van der Waals surface area contributed by atoms with Crippen molar-refractivity contribution in [2.24, 2.45) is 0 Å². The molecule has 19 heavy (non-hydrogen) atoms. The summed E-state index contributed by atoms with van der Waals surface area (Å²) in [5, 5.41) is 13.5. The lowest BCUT2D eigenvalue weighted by Crippen LogP contribution is -3.12. The van der Waals surface area contributed by atoms with Crippen molar-refractivity contribution in [2.45, 2.75) is 12.5 Å². The Morgan fingerprint density at radius 1 is 1.32 bits per heavy atom. The standard InChI is InChI=1S/C13H18N2O4/c1-15(2)11(13(17)18)8-12(16)14-9-4-6-10(19-3)7-5-9/h4-7,11H,8H2,1-3H3,(H,14,16)(H,17,18). The normalized spacial score (nSPS) is 12.0. The third-order valence-corrected chi connectivity index (χ3v) is 2.74. The Morgan fingerprint density at radius 3 is 2.32 bits per heavy atom. The number of hydrogen-bond donors (Lipinski definition) is 2. The first-order chi connectivity index (χ1) is 8.93. The summed E-state index contributed by atoms with van der Waals surface area (Å²) in [6.45, 7) is 0. The second-order valence-electron chi connectivity index (χ2n) is 4.43. The maximum atomic E-state index is 11.7. The molecule has 0 aliphatic heterocycles. The van der Waals surface area contributed by atoms with Gasteiger partial charge < -0.3 is 24.9 Å². The Labute approximate surface area is 112 Å². The van der Waals surface area contributed by atoms with Gasteiger partial charge in [-0.2, -0.15) is 0 Å². The molecular weight excluding hydrogens is 248 g/mol. The molecule has 0 bridgehead atoms. The fourth-order valence-corrected chi connectivity index (χ4v) is 1.59. The fraction of sp³-hybridized carbons (Fsp3) is 0.385. The van der Waals surface area contributed by atoms with Gasteiger partial charge in [-0.25, -0.2) is 0 Å². The molecule has 1 aromatic carbocycles. The minimum atomic E-state index is -1.23. The lowest BCUT2D eigenvalue weighted by Gasteiger charge is -2.21. The van der Waals surface area contributed by atoms with Crippen molar-refractivity contribution < 1.29 is 24.3 Å². The number of carbonyl (C=O) groups excluding carboxylic acids is 2. The number of carbonyl (C=O) groups is 2. The highest BCUT2D eigenvalue weighted by molar-refractivity contribution is 5.93. The number of methoxy groups -OCH3 is 1. The van der Waals surface area contributed by atoms with Gasteiger partial charge in [0.2, 0.25) is 5.91 Å². The Kier molecular flexibility index (Phi) is 5.32. The number of quaternary nitrogens is 1. The van der Waals surface area contributed by atoms with Crippen LogP contribution in [0.2, 0.25) is 0 Å². The molecule has 0 aliphatic carbocycles. The van der Waals surface area contributed by atoms with E-state index < -0.39 is 12.0 Å². The van der Waals surface area contributed by atoms with E-state index in [9.17, 15) is 14.7 Å². The molecule has 0 saturated carbocycles. The highest BCUT2D eigenvalue weighted by Crippen LogP contribution is 2.15. The third kappa shape index (κ3) is 4.59. The van der Waals surface area contributed by atoms with Crippen molar-refractivity contribution in [1.82, 2.24) is 0 Å². The Morgan fingerprint density at radius 2 is 1.89 bits per heavy atom. The lowest BCUT2D eigenvalue weighted by atomic mass is 10.2. The maximum Gasteiger partial charge on any atom is 0.230 e. The summed E-state index contributed by atoms with van der Waals surface area (Å²) >= 11 is 0. The molecule has 1 aromatic rings. The van der Waals surface area contributed by atoms with Crippen molar-refractivity contribution in [3.05, 3.63) is 24.3 Å². The van der Waals surface area contributed by atoms with Gasteiger partial charge in [-0.1, -0.05) is 0 Å². The SMILES string of the molecule is COc1ccc(NC(=O)CC(C(=O)[O-])[NH+](C)C)cc1. The smallest absolute Gasteiger partial charge is 0.230 e. The van der Waals surface area contributed by atoms with Crippen molar-refractivity contribution in [1.29, 1.82) is 0 Å². The van der Waals surface area contributed by atoms with Crippen LogP contribution in [0.25, 0.3) is 0 Å². The molecule has 0 fully saturated rings. The number of rotatable bonds is 6. The number of anilines is 1. The van der Waals surface area contributed by atoms with Gasteiger partial charge in [-0.3, -0.25) is 4.79 Å². The van der Waals surface area contributed by atoms with E-state index in [4.69, 9.17) is 4.74 Å². The summed E-state index contributed by atoms with van der Waals surface area (Å²) < 4.78 is 5.00. The molecule has 0 saturated heterocycles. The Bertz CT molecular complexity index is 442. The van der Waals surface area contributed by atoms with E-state index >= 15 is 0 Å². The zero-order chi connectivity index (χ0) is 14.4. The second kappa shape index (κ2) is 6.75. The number of ether oxygens (including phenoxy) is 1. The number of aliphatic carboxylic acids is 1. The molecule has 6 nitrogen and oxygen atoms in total. The number of benzene rings is 1. The quantitative estimate of drug-likeness (QED) is 0.642. The number of carboxylic acids is 1. The molecule has 0 aromatic heterocycles. The van der Waals surface area contributed by atoms with Gasteiger partial charge in [-0.15, -0.1) is 0 Å². The summed E-state index contributed by atoms with van der Waals surface area (Å²) in [4.78, 5) is 23.3. The lowest BCUT2D eigenvalue weighted by molar-refractivity contribution is -0.878. The van der Waals surface area contributed by atoms with E-state index in [-0.39, 0.29) is 12.3 Å². The predicted octanol–water partition coefficient (Wildman–Crippen LogP) is -1.71. The first-order valence-corrected chi connectivity index (χ1v) is 5.89. The van der Waals surface area contributed by atoms with Gasteiger partial charge in [-0.05, 0) is 24.3 Å². The number of hydrogen-bond acceptors (Lipinski definition) is 4. The van der Waals surface area contributed by atoms with Crippen LogP contribution < -0.4 is 20.1 Å². The second-order valence-corrected chi connectivity index (χ2v) is 4.43. The minimum absolute atomic E-state index is 0.128. The largest absolute Gasteiger partial charge is 0.544 e. The molecule has 1 atom stereocenters. The molecule has 0 spiro atoms. The van der Waals surface area contributed by atoms with Crippen molar-refractivity contribution in [3.63, 3.8) is 0 Å². The van der Waals surface area contributed by atoms with Gasteiger partial charge in [0, 0.05) is 5.69 Å². The molecule has 1 amide bonds. The minimum Gasteiger partial charge on any atom is -0.544 e. The van der Waals surface area contributed by atoms with Crippen molar-refractivity contribution in [3.8, 4) is 5.75 Å². The Balaban J connectivity index is 2.61. The molecule has 0 heterocycles. The van der Waals surface area contributed by atoms with Crippen molar-refractivity contribution >= 4 is 17.6 Å². The van der Waals surface area contributed by atoms with Crippen LogP contribution in [0, 0.1) is 0 Å². The van der Waals surface area contributed by atoms with Gasteiger partial charge in [0.05, 0.1) is 33.6 Å². The van der Waals surface area contributed by atoms with Gasteiger partial charge >= 0.3 is 0 Å². The van der Waals surface area contributed by atoms with Gasteiger partial charge in [0.25, 0.3) is 0 Å². The number of likely N-dealkylation sites (N-methyl/N-ethyl adjacent to an activating group) is 1. The van der Waals surface area contributed by atoms with E-state index in [0.29, 0.717) is 16.3 Å². The van der Waals surface area contributed by atoms with E-state index in [0.717, 1.165) is 0 Å². The van der Waals surface area contributed by atoms with Gasteiger partial charge in [0.1, 0.15) is 11.8 Å². The molecule has 2 N–H and O–H groups in total. The predicted molar refractivity (Wildman–Crippen MR) is 67.8 cm³/mol. The van der Waals surface area contributed by atoms with Crippen LogP contribution >= 0.6 is 0 Å².